The van der Waals surface area contributed by atoms with Gasteiger partial charge < -0.3 is 10.1 Å². The molecule has 0 spiro atoms. The largest absolute Gasteiger partial charge is 1.00 e. The minimum absolute atomic E-state index is 0. The van der Waals surface area contributed by atoms with Crippen molar-refractivity contribution in [1.29, 1.82) is 0 Å². The standard InChI is InChI=1S/C3H4N2.CH3O.Na/c1-2-5-3-4-1;1-2;/h1-3H,(H,4,5);1H3;/q;-1;+1. The third-order valence-electron chi connectivity index (χ3n) is 0.406. The monoisotopic (exact) mass is 122 g/mol. The van der Waals surface area contributed by atoms with Gasteiger partial charge in [0, 0.05) is 12.4 Å². The maximum absolute atomic E-state index is 8.25. The van der Waals surface area contributed by atoms with Gasteiger partial charge in [-0.1, -0.05) is 0 Å². The molecular formula is C4H7N2NaO. The van der Waals surface area contributed by atoms with Crippen LogP contribution in [0.2, 0.25) is 0 Å². The molecule has 1 rings (SSSR count). The van der Waals surface area contributed by atoms with Gasteiger partial charge in [-0.2, -0.15) is 7.11 Å². The number of rotatable bonds is 0. The summed E-state index contributed by atoms with van der Waals surface area (Å²) in [5.41, 5.74) is 0. The van der Waals surface area contributed by atoms with E-state index in [1.165, 1.54) is 0 Å². The van der Waals surface area contributed by atoms with Gasteiger partial charge in [0.2, 0.25) is 0 Å². The van der Waals surface area contributed by atoms with E-state index >= 15 is 0 Å². The molecular weight excluding hydrogens is 115 g/mol. The van der Waals surface area contributed by atoms with Crippen LogP contribution in [0.25, 0.3) is 0 Å². The smallest absolute Gasteiger partial charge is 0.857 e. The number of hydrogen-bond donors (Lipinski definition) is 1. The van der Waals surface area contributed by atoms with Crippen LogP contribution in [0.5, 0.6) is 0 Å². The normalized spacial score (nSPS) is 5.75. The quantitative estimate of drug-likeness (QED) is 0.361. The Balaban J connectivity index is 0. The van der Waals surface area contributed by atoms with Gasteiger partial charge in [-0.05, 0) is 0 Å². The van der Waals surface area contributed by atoms with E-state index in [2.05, 4.69) is 9.97 Å². The Morgan fingerprint density at radius 3 is 2.25 bits per heavy atom. The van der Waals surface area contributed by atoms with E-state index in [-0.39, 0.29) is 29.6 Å². The molecule has 0 amide bonds. The molecule has 0 radical (unpaired) electrons. The van der Waals surface area contributed by atoms with E-state index in [1.807, 2.05) is 0 Å². The van der Waals surface area contributed by atoms with Crippen molar-refractivity contribution < 1.29 is 34.7 Å². The van der Waals surface area contributed by atoms with Crippen LogP contribution < -0.4 is 34.7 Å². The number of nitrogens with zero attached hydrogens (tertiary/aromatic N) is 1. The molecule has 1 aromatic rings. The van der Waals surface area contributed by atoms with E-state index in [4.69, 9.17) is 5.11 Å². The van der Waals surface area contributed by atoms with Crippen molar-refractivity contribution in [2.24, 2.45) is 0 Å². The molecule has 1 heterocycles. The fourth-order valence-corrected chi connectivity index (χ4v) is 0.215. The number of hydrogen-bond acceptors (Lipinski definition) is 2. The van der Waals surface area contributed by atoms with Crippen LogP contribution in [-0.2, 0) is 0 Å². The molecule has 8 heavy (non-hydrogen) atoms. The van der Waals surface area contributed by atoms with Gasteiger partial charge in [-0.25, -0.2) is 4.98 Å². The predicted molar refractivity (Wildman–Crippen MR) is 24.5 cm³/mol. The van der Waals surface area contributed by atoms with Gasteiger partial charge in [0.05, 0.1) is 6.33 Å². The number of H-pyrrole nitrogens is 1. The van der Waals surface area contributed by atoms with Crippen molar-refractivity contribution in [1.82, 2.24) is 9.97 Å². The summed E-state index contributed by atoms with van der Waals surface area (Å²) in [4.78, 5) is 6.42. The molecule has 0 fully saturated rings. The van der Waals surface area contributed by atoms with Crippen LogP contribution in [0.15, 0.2) is 18.7 Å². The van der Waals surface area contributed by atoms with Crippen LogP contribution in [-0.4, -0.2) is 17.1 Å². The molecule has 0 aromatic carbocycles. The van der Waals surface area contributed by atoms with E-state index in [0.717, 1.165) is 7.11 Å². The third-order valence-corrected chi connectivity index (χ3v) is 0.406. The van der Waals surface area contributed by atoms with Gasteiger partial charge in [0.15, 0.2) is 0 Å². The average molecular weight is 122 g/mol. The molecule has 0 aliphatic rings. The minimum Gasteiger partial charge on any atom is -0.857 e. The zero-order valence-corrected chi connectivity index (χ0v) is 7.09. The Morgan fingerprint density at radius 1 is 1.50 bits per heavy atom. The van der Waals surface area contributed by atoms with E-state index < -0.39 is 0 Å². The van der Waals surface area contributed by atoms with Crippen LogP contribution in [0, 0.1) is 0 Å². The molecule has 0 atom stereocenters. The molecule has 0 unspecified atom stereocenters. The predicted octanol–water partition coefficient (Wildman–Crippen LogP) is -3.61. The number of nitrogens with one attached hydrogen (secondary N) is 1. The zero-order chi connectivity index (χ0) is 5.54. The molecule has 4 heteroatoms. The molecule has 0 saturated carbocycles. The van der Waals surface area contributed by atoms with Crippen molar-refractivity contribution >= 4 is 0 Å². The molecule has 0 aliphatic heterocycles. The summed E-state index contributed by atoms with van der Waals surface area (Å²) in [6.45, 7) is 0. The Hall–Kier alpha value is 0.170. The van der Waals surface area contributed by atoms with Crippen LogP contribution in [0.1, 0.15) is 0 Å². The molecule has 1 N–H and O–H groups in total. The summed E-state index contributed by atoms with van der Waals surface area (Å²) in [7, 11) is 0.750. The summed E-state index contributed by atoms with van der Waals surface area (Å²) in [5.74, 6) is 0. The summed E-state index contributed by atoms with van der Waals surface area (Å²) in [5, 5.41) is 8.25. The fraction of sp³-hybridized carbons (Fsp3) is 0.250. The SMILES string of the molecule is C[O-].[Na+].c1c[nH]cn1. The molecule has 0 bridgehead atoms. The summed E-state index contributed by atoms with van der Waals surface area (Å²) >= 11 is 0. The van der Waals surface area contributed by atoms with Crippen LogP contribution in [0.3, 0.4) is 0 Å². The second-order valence-corrected chi connectivity index (χ2v) is 0.761. The first-order valence-corrected chi connectivity index (χ1v) is 1.84. The maximum Gasteiger partial charge on any atom is 1.00 e. The Kier molecular flexibility index (Phi) is 14.1. The Labute approximate surface area is 70.4 Å². The first kappa shape index (κ1) is 11.0. The second-order valence-electron chi connectivity index (χ2n) is 0.761. The number of aromatic nitrogens is 2. The summed E-state index contributed by atoms with van der Waals surface area (Å²) in [6, 6.07) is 0. The molecule has 0 aliphatic carbocycles. The molecule has 3 nitrogen and oxygen atoms in total. The summed E-state index contributed by atoms with van der Waals surface area (Å²) in [6.07, 6.45) is 5.08. The maximum atomic E-state index is 8.25. The van der Waals surface area contributed by atoms with Crippen molar-refractivity contribution in [2.75, 3.05) is 7.11 Å². The van der Waals surface area contributed by atoms with E-state index in [9.17, 15) is 0 Å². The van der Waals surface area contributed by atoms with Crippen molar-refractivity contribution in [3.63, 3.8) is 0 Å². The molecule has 0 saturated heterocycles. The fourth-order valence-electron chi connectivity index (χ4n) is 0.215. The van der Waals surface area contributed by atoms with Gasteiger partial charge in [0.1, 0.15) is 0 Å². The van der Waals surface area contributed by atoms with Crippen LogP contribution in [0.4, 0.5) is 0 Å². The Morgan fingerprint density at radius 2 is 2.12 bits per heavy atom. The van der Waals surface area contributed by atoms with Crippen molar-refractivity contribution in [2.45, 2.75) is 0 Å². The third kappa shape index (κ3) is 6.17. The first-order chi connectivity index (χ1) is 3.50. The van der Waals surface area contributed by atoms with Crippen LogP contribution >= 0.6 is 0 Å². The van der Waals surface area contributed by atoms with E-state index in [0.29, 0.717) is 0 Å². The molecule has 1 aromatic heterocycles. The van der Waals surface area contributed by atoms with Gasteiger partial charge in [-0.15, -0.1) is 0 Å². The second kappa shape index (κ2) is 10.2. The summed E-state index contributed by atoms with van der Waals surface area (Å²) < 4.78 is 0. The average Bonchev–Trinajstić information content (AvgIpc) is 2.23. The van der Waals surface area contributed by atoms with Crippen molar-refractivity contribution in [3.05, 3.63) is 18.7 Å². The number of aromatic amines is 1. The van der Waals surface area contributed by atoms with E-state index in [1.54, 1.807) is 18.7 Å². The molecule has 40 valence electrons. The van der Waals surface area contributed by atoms with Gasteiger partial charge in [-0.3, -0.25) is 0 Å². The van der Waals surface area contributed by atoms with Gasteiger partial charge >= 0.3 is 29.6 Å². The number of imidazole rings is 1. The van der Waals surface area contributed by atoms with Gasteiger partial charge in [0.25, 0.3) is 0 Å². The zero-order valence-electron chi connectivity index (χ0n) is 5.09. The van der Waals surface area contributed by atoms with Crippen molar-refractivity contribution in [3.8, 4) is 0 Å². The Bertz CT molecular complexity index is 70.5. The topological polar surface area (TPSA) is 51.7 Å². The minimum atomic E-state index is 0. The first-order valence-electron chi connectivity index (χ1n) is 1.84.